The molecule has 9 nitrogen and oxygen atoms in total. The van der Waals surface area contributed by atoms with Crippen molar-refractivity contribution < 1.29 is 26.8 Å². The molecule has 0 atom stereocenters. The van der Waals surface area contributed by atoms with Crippen LogP contribution in [0.4, 0.5) is 10.1 Å². The summed E-state index contributed by atoms with van der Waals surface area (Å²) >= 11 is 13.4. The first-order valence-corrected chi connectivity index (χ1v) is 16.2. The molecule has 1 amide bonds. The molecule has 45 heavy (non-hydrogen) atoms. The van der Waals surface area contributed by atoms with Gasteiger partial charge in [-0.05, 0) is 54.6 Å². The van der Waals surface area contributed by atoms with Gasteiger partial charge in [0, 0.05) is 42.1 Å². The Hall–Kier alpha value is -4.58. The Morgan fingerprint density at radius 3 is 2.56 bits per heavy atom. The summed E-state index contributed by atoms with van der Waals surface area (Å²) in [6.45, 7) is 0.192. The minimum absolute atomic E-state index is 0.192. The molecule has 3 aromatic heterocycles. The van der Waals surface area contributed by atoms with Crippen LogP contribution in [0.3, 0.4) is 0 Å². The summed E-state index contributed by atoms with van der Waals surface area (Å²) < 4.78 is 54.6. The SMILES string of the molecule is CNC(=O)c1c(-c2ccc(F)cc2)oc2cc(N(C)S(C)(=O)=O)c(-c3ccc4c(n3)-c3c(Cl)c5c(Cl)cccc5n3CO4)cc12. The molecule has 0 saturated carbocycles. The highest BCUT2D eigenvalue weighted by atomic mass is 35.5. The van der Waals surface area contributed by atoms with E-state index in [2.05, 4.69) is 5.32 Å². The molecular formula is C32H23Cl2FN4O5S. The number of fused-ring (bicyclic) bond motifs is 6. The lowest BCUT2D eigenvalue weighted by Crippen LogP contribution is -2.25. The number of ether oxygens (including phenoxy) is 1. The number of benzene rings is 3. The lowest BCUT2D eigenvalue weighted by molar-refractivity contribution is 0.0964. The second kappa shape index (κ2) is 10.5. The van der Waals surface area contributed by atoms with Crippen molar-refractivity contribution in [2.75, 3.05) is 24.7 Å². The third-order valence-electron chi connectivity index (χ3n) is 7.89. The highest BCUT2D eigenvalue weighted by molar-refractivity contribution is 7.92. The number of rotatable bonds is 5. The predicted octanol–water partition coefficient (Wildman–Crippen LogP) is 7.33. The topological polar surface area (TPSA) is 107 Å². The summed E-state index contributed by atoms with van der Waals surface area (Å²) in [5.41, 5.74) is 3.79. The van der Waals surface area contributed by atoms with Crippen LogP contribution in [0, 0.1) is 5.82 Å². The number of carbonyl (C=O) groups is 1. The summed E-state index contributed by atoms with van der Waals surface area (Å²) in [6, 6.07) is 17.7. The van der Waals surface area contributed by atoms with Gasteiger partial charge in [0.05, 0.1) is 44.5 Å². The quantitative estimate of drug-likeness (QED) is 0.207. The Balaban J connectivity index is 1.51. The van der Waals surface area contributed by atoms with Crippen molar-refractivity contribution in [3.8, 4) is 39.7 Å². The first-order valence-electron chi connectivity index (χ1n) is 13.6. The number of anilines is 1. The standard InChI is InChI=1S/C32H23Cl2FN4O5S/c1-36-32(40)26-19-13-18(23(38(2)45(3,41)42)14-25(19)44-31(26)16-7-9-17(35)10-8-16)21-11-12-24-29(37-21)30-28(34)27-20(33)5-4-6-22(27)39(30)15-43-24/h4-14H,15H2,1-3H3,(H,36,40). The van der Waals surface area contributed by atoms with Gasteiger partial charge in [0.15, 0.2) is 6.73 Å². The number of pyridine rings is 1. The number of carbonyl (C=O) groups excluding carboxylic acids is 1. The van der Waals surface area contributed by atoms with Crippen molar-refractivity contribution >= 4 is 66.7 Å². The van der Waals surface area contributed by atoms with E-state index in [0.29, 0.717) is 54.8 Å². The van der Waals surface area contributed by atoms with Gasteiger partial charge in [-0.2, -0.15) is 0 Å². The van der Waals surface area contributed by atoms with Crippen LogP contribution in [0.5, 0.6) is 5.75 Å². The van der Waals surface area contributed by atoms with Crippen LogP contribution < -0.4 is 14.4 Å². The van der Waals surface area contributed by atoms with Crippen LogP contribution in [0.1, 0.15) is 10.4 Å². The Labute approximate surface area is 266 Å². The lowest BCUT2D eigenvalue weighted by Gasteiger charge is -2.23. The third kappa shape index (κ3) is 4.61. The summed E-state index contributed by atoms with van der Waals surface area (Å²) in [5, 5.41) is 4.61. The van der Waals surface area contributed by atoms with Crippen molar-refractivity contribution in [3.05, 3.63) is 88.2 Å². The molecule has 1 N–H and O–H groups in total. The van der Waals surface area contributed by atoms with E-state index in [4.69, 9.17) is 37.3 Å². The van der Waals surface area contributed by atoms with Gasteiger partial charge in [-0.1, -0.05) is 29.3 Å². The monoisotopic (exact) mass is 664 g/mol. The van der Waals surface area contributed by atoms with Gasteiger partial charge in [0.25, 0.3) is 5.91 Å². The highest BCUT2D eigenvalue weighted by Gasteiger charge is 2.30. The lowest BCUT2D eigenvalue weighted by atomic mass is 10.0. The van der Waals surface area contributed by atoms with Crippen LogP contribution in [-0.4, -0.2) is 44.2 Å². The maximum Gasteiger partial charge on any atom is 0.255 e. The normalized spacial score (nSPS) is 12.6. The molecule has 6 aromatic rings. The maximum atomic E-state index is 13.7. The Kier molecular flexibility index (Phi) is 6.81. The molecule has 0 aliphatic carbocycles. The molecule has 0 saturated heterocycles. The van der Waals surface area contributed by atoms with Gasteiger partial charge in [0.1, 0.15) is 28.6 Å². The fraction of sp³-hybridized carbons (Fsp3) is 0.125. The van der Waals surface area contributed by atoms with Crippen LogP contribution in [0.2, 0.25) is 10.0 Å². The van der Waals surface area contributed by atoms with Crippen molar-refractivity contribution in [2.45, 2.75) is 6.73 Å². The Bertz CT molecular complexity index is 2320. The van der Waals surface area contributed by atoms with Gasteiger partial charge in [-0.15, -0.1) is 0 Å². The van der Waals surface area contributed by atoms with Crippen LogP contribution in [-0.2, 0) is 16.8 Å². The van der Waals surface area contributed by atoms with Gasteiger partial charge >= 0.3 is 0 Å². The number of furan rings is 1. The number of halogens is 3. The maximum absolute atomic E-state index is 13.7. The molecule has 7 rings (SSSR count). The van der Waals surface area contributed by atoms with E-state index < -0.39 is 21.7 Å². The first kappa shape index (κ1) is 29.1. The fourth-order valence-corrected chi connectivity index (χ4v) is 6.84. The number of nitrogens with zero attached hydrogens (tertiary/aromatic N) is 3. The van der Waals surface area contributed by atoms with Crippen molar-refractivity contribution in [2.24, 2.45) is 0 Å². The number of sulfonamides is 1. The second-order valence-electron chi connectivity index (χ2n) is 10.5. The molecule has 1 aliphatic heterocycles. The molecule has 0 radical (unpaired) electrons. The molecule has 13 heteroatoms. The predicted molar refractivity (Wildman–Crippen MR) is 173 cm³/mol. The van der Waals surface area contributed by atoms with E-state index in [0.717, 1.165) is 16.1 Å². The van der Waals surface area contributed by atoms with Gasteiger partial charge < -0.3 is 19.0 Å². The number of hydrogen-bond donors (Lipinski definition) is 1. The molecule has 1 aliphatic rings. The van der Waals surface area contributed by atoms with E-state index >= 15 is 0 Å². The summed E-state index contributed by atoms with van der Waals surface area (Å²) in [7, 11) is -0.846. The molecule has 4 heterocycles. The number of nitrogens with one attached hydrogen (secondary N) is 1. The minimum Gasteiger partial charge on any atom is -0.470 e. The fourth-order valence-electron chi connectivity index (χ4n) is 5.63. The van der Waals surface area contributed by atoms with E-state index in [1.165, 1.54) is 38.4 Å². The zero-order valence-corrected chi connectivity index (χ0v) is 26.3. The van der Waals surface area contributed by atoms with E-state index in [9.17, 15) is 17.6 Å². The molecule has 0 bridgehead atoms. The van der Waals surface area contributed by atoms with E-state index in [-0.39, 0.29) is 29.3 Å². The molecular weight excluding hydrogens is 642 g/mol. The van der Waals surface area contributed by atoms with Gasteiger partial charge in [0.2, 0.25) is 10.0 Å². The van der Waals surface area contributed by atoms with Crippen molar-refractivity contribution in [1.82, 2.24) is 14.9 Å². The zero-order chi connectivity index (χ0) is 31.8. The van der Waals surface area contributed by atoms with Crippen LogP contribution in [0.25, 0.3) is 55.8 Å². The summed E-state index contributed by atoms with van der Waals surface area (Å²) in [5.74, 6) is -0.198. The second-order valence-corrected chi connectivity index (χ2v) is 13.3. The number of amides is 1. The molecule has 0 spiro atoms. The summed E-state index contributed by atoms with van der Waals surface area (Å²) in [4.78, 5) is 18.2. The van der Waals surface area contributed by atoms with Crippen LogP contribution >= 0.6 is 23.2 Å². The summed E-state index contributed by atoms with van der Waals surface area (Å²) in [6.07, 6.45) is 1.08. The Morgan fingerprint density at radius 1 is 1.09 bits per heavy atom. The number of hydrogen-bond acceptors (Lipinski definition) is 6. The molecule has 0 fully saturated rings. The first-order chi connectivity index (χ1) is 21.5. The van der Waals surface area contributed by atoms with Gasteiger partial charge in [-0.3, -0.25) is 9.10 Å². The minimum atomic E-state index is -3.75. The zero-order valence-electron chi connectivity index (χ0n) is 24.0. The van der Waals surface area contributed by atoms with E-state index in [1.54, 1.807) is 30.3 Å². The number of aromatic nitrogens is 2. The largest absolute Gasteiger partial charge is 0.470 e. The van der Waals surface area contributed by atoms with Gasteiger partial charge in [-0.25, -0.2) is 17.8 Å². The highest BCUT2D eigenvalue weighted by Crippen LogP contribution is 2.47. The molecule has 228 valence electrons. The van der Waals surface area contributed by atoms with E-state index in [1.807, 2.05) is 16.7 Å². The Morgan fingerprint density at radius 2 is 1.84 bits per heavy atom. The average molecular weight is 666 g/mol. The third-order valence-corrected chi connectivity index (χ3v) is 9.77. The average Bonchev–Trinajstić information content (AvgIpc) is 3.55. The van der Waals surface area contributed by atoms with Crippen molar-refractivity contribution in [3.63, 3.8) is 0 Å². The smallest absolute Gasteiger partial charge is 0.255 e. The van der Waals surface area contributed by atoms with Crippen LogP contribution in [0.15, 0.2) is 71.1 Å². The molecule has 0 unspecified atom stereocenters. The molecule has 3 aromatic carbocycles. The van der Waals surface area contributed by atoms with Crippen molar-refractivity contribution in [1.29, 1.82) is 0 Å².